The third-order valence-electron chi connectivity index (χ3n) is 3.50. The molecule has 1 aliphatic heterocycles. The molecule has 7 nitrogen and oxygen atoms in total. The van der Waals surface area contributed by atoms with Crippen LogP contribution < -0.4 is 5.32 Å². The van der Waals surface area contributed by atoms with Crippen LogP contribution in [0.1, 0.15) is 17.4 Å². The molecule has 2 heterocycles. The van der Waals surface area contributed by atoms with E-state index in [1.165, 1.54) is 6.92 Å². The lowest BCUT2D eigenvalue weighted by molar-refractivity contribution is -0.136. The summed E-state index contributed by atoms with van der Waals surface area (Å²) >= 11 is 0. The van der Waals surface area contributed by atoms with Crippen LogP contribution in [0.15, 0.2) is 30.3 Å². The van der Waals surface area contributed by atoms with Gasteiger partial charge in [-0.1, -0.05) is 18.2 Å². The largest absolute Gasteiger partial charge is 0.448 e. The predicted molar refractivity (Wildman–Crippen MR) is 78.3 cm³/mol. The number of esters is 1. The molecule has 1 aromatic heterocycles. The highest BCUT2D eigenvalue weighted by Gasteiger charge is 2.31. The number of aromatic nitrogens is 1. The second kappa shape index (κ2) is 5.51. The maximum absolute atomic E-state index is 12.1. The first-order valence-corrected chi connectivity index (χ1v) is 6.94. The maximum atomic E-state index is 12.1. The highest BCUT2D eigenvalue weighted by molar-refractivity contribution is 6.00. The molecule has 1 fully saturated rings. The number of H-pyrrole nitrogens is 1. The Morgan fingerprint density at radius 1 is 1.32 bits per heavy atom. The summed E-state index contributed by atoms with van der Waals surface area (Å²) in [5, 5.41) is 3.41. The molecule has 0 spiro atoms. The lowest BCUT2D eigenvalue weighted by atomic mass is 10.2. The van der Waals surface area contributed by atoms with Crippen LogP contribution in [0.5, 0.6) is 0 Å². The van der Waals surface area contributed by atoms with E-state index >= 15 is 0 Å². The van der Waals surface area contributed by atoms with E-state index < -0.39 is 24.0 Å². The van der Waals surface area contributed by atoms with Crippen molar-refractivity contribution >= 4 is 28.8 Å². The van der Waals surface area contributed by atoms with E-state index in [-0.39, 0.29) is 12.2 Å². The Bertz CT molecular complexity index is 719. The van der Waals surface area contributed by atoms with Gasteiger partial charge in [0, 0.05) is 24.0 Å². The number of amides is 3. The second-order valence-electron chi connectivity index (χ2n) is 5.04. The summed E-state index contributed by atoms with van der Waals surface area (Å²) in [4.78, 5) is 39.6. The molecule has 2 N–H and O–H groups in total. The quantitative estimate of drug-likeness (QED) is 0.835. The van der Waals surface area contributed by atoms with Crippen molar-refractivity contribution < 1.29 is 19.1 Å². The van der Waals surface area contributed by atoms with Crippen LogP contribution in [0.4, 0.5) is 4.79 Å². The van der Waals surface area contributed by atoms with Crippen molar-refractivity contribution in [3.8, 4) is 0 Å². The fraction of sp³-hybridized carbons (Fsp3) is 0.267. The lowest BCUT2D eigenvalue weighted by Crippen LogP contribution is -2.41. The second-order valence-corrected chi connectivity index (χ2v) is 5.04. The number of hydrogen-bond donors (Lipinski definition) is 2. The van der Waals surface area contributed by atoms with Gasteiger partial charge in [-0.05, 0) is 19.1 Å². The summed E-state index contributed by atoms with van der Waals surface area (Å²) < 4.78 is 5.15. The highest BCUT2D eigenvalue weighted by atomic mass is 16.5. The number of hydrogen-bond acceptors (Lipinski definition) is 4. The number of urea groups is 1. The molecule has 0 aliphatic carbocycles. The van der Waals surface area contributed by atoms with E-state index in [4.69, 9.17) is 4.74 Å². The molecule has 0 radical (unpaired) electrons. The number of nitrogens with zero attached hydrogens (tertiary/aromatic N) is 1. The Hall–Kier alpha value is -2.83. The Labute approximate surface area is 126 Å². The van der Waals surface area contributed by atoms with Gasteiger partial charge in [0.25, 0.3) is 5.91 Å². The van der Waals surface area contributed by atoms with Crippen molar-refractivity contribution in [2.45, 2.75) is 13.0 Å². The van der Waals surface area contributed by atoms with Crippen LogP contribution in [0.25, 0.3) is 10.9 Å². The standard InChI is InChI=1S/C15H15N3O4/c1-9(13(19)18-7-6-16-15(18)21)22-14(20)12-8-10-4-2-3-5-11(10)17-12/h2-5,8-9,17H,6-7H2,1H3,(H,16,21). The zero-order valence-electron chi connectivity index (χ0n) is 12.0. The minimum absolute atomic E-state index is 0.270. The lowest BCUT2D eigenvalue weighted by Gasteiger charge is -2.17. The Balaban J connectivity index is 1.70. The molecule has 0 bridgehead atoms. The van der Waals surface area contributed by atoms with E-state index in [1.54, 1.807) is 6.07 Å². The van der Waals surface area contributed by atoms with Gasteiger partial charge in [-0.3, -0.25) is 9.69 Å². The van der Waals surface area contributed by atoms with Crippen LogP contribution >= 0.6 is 0 Å². The maximum Gasteiger partial charge on any atom is 0.355 e. The van der Waals surface area contributed by atoms with Crippen LogP contribution in [0.3, 0.4) is 0 Å². The molecule has 0 saturated carbocycles. The summed E-state index contributed by atoms with van der Waals surface area (Å²) in [5.41, 5.74) is 1.08. The van der Waals surface area contributed by atoms with Gasteiger partial charge in [0.2, 0.25) is 0 Å². The summed E-state index contributed by atoms with van der Waals surface area (Å²) in [6.07, 6.45) is -1.03. The van der Waals surface area contributed by atoms with E-state index in [9.17, 15) is 14.4 Å². The molecule has 2 aromatic rings. The number of carbonyl (C=O) groups is 3. The molecular formula is C15H15N3O4. The average Bonchev–Trinajstić information content (AvgIpc) is 3.12. The minimum atomic E-state index is -1.03. The molecular weight excluding hydrogens is 286 g/mol. The first-order chi connectivity index (χ1) is 10.6. The smallest absolute Gasteiger partial charge is 0.355 e. The Morgan fingerprint density at radius 3 is 2.77 bits per heavy atom. The zero-order chi connectivity index (χ0) is 15.7. The van der Waals surface area contributed by atoms with Crippen LogP contribution in [-0.2, 0) is 9.53 Å². The molecule has 1 unspecified atom stereocenters. The van der Waals surface area contributed by atoms with Crippen molar-refractivity contribution in [3.63, 3.8) is 0 Å². The number of aromatic amines is 1. The van der Waals surface area contributed by atoms with Crippen molar-refractivity contribution in [1.29, 1.82) is 0 Å². The predicted octanol–water partition coefficient (Wildman–Crippen LogP) is 1.27. The zero-order valence-corrected chi connectivity index (χ0v) is 12.0. The molecule has 7 heteroatoms. The Morgan fingerprint density at radius 2 is 2.09 bits per heavy atom. The number of carbonyl (C=O) groups excluding carboxylic acids is 3. The molecule has 3 rings (SSSR count). The first-order valence-electron chi connectivity index (χ1n) is 6.94. The highest BCUT2D eigenvalue weighted by Crippen LogP contribution is 2.16. The summed E-state index contributed by atoms with van der Waals surface area (Å²) in [6.45, 7) is 2.15. The SMILES string of the molecule is CC(OC(=O)c1cc2ccccc2[nH]1)C(=O)N1CCNC1=O. The first kappa shape index (κ1) is 14.1. The fourth-order valence-corrected chi connectivity index (χ4v) is 2.36. The molecule has 1 atom stereocenters. The van der Waals surface area contributed by atoms with Gasteiger partial charge in [-0.2, -0.15) is 0 Å². The molecule has 3 amide bonds. The van der Waals surface area contributed by atoms with Gasteiger partial charge in [-0.25, -0.2) is 9.59 Å². The molecule has 1 saturated heterocycles. The number of ether oxygens (including phenoxy) is 1. The molecule has 22 heavy (non-hydrogen) atoms. The number of para-hydroxylation sites is 1. The van der Waals surface area contributed by atoms with Crippen molar-refractivity contribution in [2.24, 2.45) is 0 Å². The fourth-order valence-electron chi connectivity index (χ4n) is 2.36. The van der Waals surface area contributed by atoms with Gasteiger partial charge < -0.3 is 15.0 Å². The van der Waals surface area contributed by atoms with Gasteiger partial charge >= 0.3 is 12.0 Å². The normalized spacial score (nSPS) is 15.7. The summed E-state index contributed by atoms with van der Waals surface area (Å²) in [7, 11) is 0. The topological polar surface area (TPSA) is 91.5 Å². The van der Waals surface area contributed by atoms with Gasteiger partial charge in [0.1, 0.15) is 5.69 Å². The number of nitrogens with one attached hydrogen (secondary N) is 2. The number of fused-ring (bicyclic) bond motifs is 1. The van der Waals surface area contributed by atoms with Crippen LogP contribution in [-0.4, -0.2) is 47.0 Å². The van der Waals surface area contributed by atoms with Gasteiger partial charge in [-0.15, -0.1) is 0 Å². The molecule has 114 valence electrons. The van der Waals surface area contributed by atoms with Crippen molar-refractivity contribution in [3.05, 3.63) is 36.0 Å². The summed E-state index contributed by atoms with van der Waals surface area (Å²) in [5.74, 6) is -1.16. The van der Waals surface area contributed by atoms with Crippen LogP contribution in [0.2, 0.25) is 0 Å². The number of benzene rings is 1. The van der Waals surface area contributed by atoms with E-state index in [0.29, 0.717) is 6.54 Å². The van der Waals surface area contributed by atoms with Crippen molar-refractivity contribution in [2.75, 3.05) is 13.1 Å². The van der Waals surface area contributed by atoms with E-state index in [2.05, 4.69) is 10.3 Å². The minimum Gasteiger partial charge on any atom is -0.448 e. The van der Waals surface area contributed by atoms with E-state index in [1.807, 2.05) is 24.3 Å². The third-order valence-corrected chi connectivity index (χ3v) is 3.50. The Kier molecular flexibility index (Phi) is 3.54. The molecule has 1 aromatic carbocycles. The number of imide groups is 1. The van der Waals surface area contributed by atoms with Gasteiger partial charge in [0.15, 0.2) is 6.10 Å². The average molecular weight is 301 g/mol. The van der Waals surface area contributed by atoms with Gasteiger partial charge in [0.05, 0.1) is 0 Å². The third kappa shape index (κ3) is 2.52. The van der Waals surface area contributed by atoms with Crippen LogP contribution in [0, 0.1) is 0 Å². The van der Waals surface area contributed by atoms with E-state index in [0.717, 1.165) is 15.8 Å². The monoisotopic (exact) mass is 301 g/mol. The number of rotatable bonds is 3. The summed E-state index contributed by atoms with van der Waals surface area (Å²) in [6, 6.07) is 8.63. The molecule has 1 aliphatic rings. The van der Waals surface area contributed by atoms with Crippen molar-refractivity contribution in [1.82, 2.24) is 15.2 Å².